The SMILES string of the molecule is Nc1nc(/C(=C/CSc2nncs2)C(=O)NC2C(=O)N3C(C(=O)O)=CCSC23)cs1. The second-order valence-electron chi connectivity index (χ2n) is 5.98. The number of aliphatic carboxylic acids is 1. The lowest BCUT2D eigenvalue weighted by molar-refractivity contribution is -0.150. The van der Waals surface area contributed by atoms with Crippen molar-refractivity contribution in [2.24, 2.45) is 0 Å². The molecule has 156 valence electrons. The van der Waals surface area contributed by atoms with Crippen LogP contribution in [0.3, 0.4) is 0 Å². The Bertz CT molecular complexity index is 1050. The molecule has 2 aliphatic rings. The Balaban J connectivity index is 1.49. The summed E-state index contributed by atoms with van der Waals surface area (Å²) in [7, 11) is 0. The number of nitrogen functional groups attached to an aromatic ring is 1. The van der Waals surface area contributed by atoms with E-state index in [0.29, 0.717) is 27.9 Å². The van der Waals surface area contributed by atoms with E-state index in [1.54, 1.807) is 17.0 Å². The van der Waals surface area contributed by atoms with Crippen LogP contribution in [0.2, 0.25) is 0 Å². The predicted molar refractivity (Wildman–Crippen MR) is 116 cm³/mol. The average Bonchev–Trinajstić information content (AvgIpc) is 3.40. The molecule has 2 amide bonds. The zero-order valence-electron chi connectivity index (χ0n) is 15.0. The standard InChI is InChI=1S/C16H14N6O4S4/c17-15-19-8(5-29-15)7(1-3-28-16-21-18-6-30-16)11(23)20-10-12(24)22-9(14(25)26)2-4-27-13(10)22/h1-2,5-6,10,13H,3-4H2,(H2,17,19)(H,20,23)(H,25,26)/b7-1-. The van der Waals surface area contributed by atoms with Gasteiger partial charge in [-0.1, -0.05) is 29.2 Å². The quantitative estimate of drug-likeness (QED) is 0.297. The summed E-state index contributed by atoms with van der Waals surface area (Å²) in [5, 5.41) is 21.3. The van der Waals surface area contributed by atoms with Crippen molar-refractivity contribution in [3.63, 3.8) is 0 Å². The van der Waals surface area contributed by atoms with Crippen LogP contribution in [0.5, 0.6) is 0 Å². The molecule has 0 spiro atoms. The molecule has 2 aliphatic heterocycles. The minimum atomic E-state index is -1.16. The number of nitrogens with zero attached hydrogens (tertiary/aromatic N) is 4. The number of carbonyl (C=O) groups excluding carboxylic acids is 2. The summed E-state index contributed by atoms with van der Waals surface area (Å²) in [6, 6.07) is -0.805. The molecular weight excluding hydrogens is 468 g/mol. The topological polar surface area (TPSA) is 151 Å². The average molecular weight is 483 g/mol. The second-order valence-corrected chi connectivity index (χ2v) is 10.1. The molecule has 14 heteroatoms. The smallest absolute Gasteiger partial charge is 0.352 e. The predicted octanol–water partition coefficient (Wildman–Crippen LogP) is 1.12. The van der Waals surface area contributed by atoms with Crippen LogP contribution in [0.25, 0.3) is 5.57 Å². The molecule has 4 heterocycles. The fraction of sp³-hybridized carbons (Fsp3) is 0.250. The number of hydrogen-bond donors (Lipinski definition) is 3. The Labute approximate surface area is 186 Å². The van der Waals surface area contributed by atoms with Crippen molar-refractivity contribution < 1.29 is 19.5 Å². The molecule has 4 N–H and O–H groups in total. The molecule has 2 aromatic heterocycles. The van der Waals surface area contributed by atoms with Gasteiger partial charge in [-0.15, -0.1) is 33.3 Å². The number of aromatic nitrogens is 3. The number of thiazole rings is 1. The van der Waals surface area contributed by atoms with Gasteiger partial charge >= 0.3 is 5.97 Å². The van der Waals surface area contributed by atoms with Crippen molar-refractivity contribution in [2.45, 2.75) is 15.8 Å². The summed E-state index contributed by atoms with van der Waals surface area (Å²) in [4.78, 5) is 42.2. The number of β-lactam (4-membered cyclic amide) rings is 1. The van der Waals surface area contributed by atoms with Gasteiger partial charge in [-0.3, -0.25) is 14.5 Å². The van der Waals surface area contributed by atoms with Crippen LogP contribution in [0, 0.1) is 0 Å². The van der Waals surface area contributed by atoms with E-state index in [1.165, 1.54) is 57.2 Å². The molecule has 2 aromatic rings. The Kier molecular flexibility index (Phi) is 6.08. The number of rotatable bonds is 7. The molecule has 1 saturated heterocycles. The fourth-order valence-electron chi connectivity index (χ4n) is 2.90. The van der Waals surface area contributed by atoms with Gasteiger partial charge in [0.1, 0.15) is 22.6 Å². The number of thioether (sulfide) groups is 2. The zero-order chi connectivity index (χ0) is 21.3. The first-order chi connectivity index (χ1) is 14.5. The Morgan fingerprint density at radius 2 is 2.27 bits per heavy atom. The molecule has 1 fully saturated rings. The van der Waals surface area contributed by atoms with Crippen LogP contribution in [-0.2, 0) is 14.4 Å². The first-order valence-electron chi connectivity index (χ1n) is 8.45. The van der Waals surface area contributed by atoms with E-state index < -0.39 is 29.2 Å². The Morgan fingerprint density at radius 3 is 2.93 bits per heavy atom. The molecule has 10 nitrogen and oxygen atoms in total. The molecular formula is C16H14N6O4S4. The van der Waals surface area contributed by atoms with Crippen molar-refractivity contribution in [3.8, 4) is 0 Å². The molecule has 2 atom stereocenters. The third-order valence-corrected chi connectivity index (χ3v) is 7.87. The minimum absolute atomic E-state index is 0.0502. The van der Waals surface area contributed by atoms with Gasteiger partial charge < -0.3 is 16.2 Å². The normalized spacial score (nSPS) is 20.9. The molecule has 0 bridgehead atoms. The molecule has 0 saturated carbocycles. The van der Waals surface area contributed by atoms with Crippen molar-refractivity contribution in [1.82, 2.24) is 25.4 Å². The number of anilines is 1. The molecule has 0 aromatic carbocycles. The van der Waals surface area contributed by atoms with Crippen LogP contribution < -0.4 is 11.1 Å². The van der Waals surface area contributed by atoms with Crippen LogP contribution in [0.15, 0.2) is 33.1 Å². The molecule has 0 radical (unpaired) electrons. The number of fused-ring (bicyclic) bond motifs is 1. The van der Waals surface area contributed by atoms with Gasteiger partial charge in [0.15, 0.2) is 9.47 Å². The third kappa shape index (κ3) is 4.08. The fourth-order valence-corrected chi connectivity index (χ4v) is 6.04. The van der Waals surface area contributed by atoms with Gasteiger partial charge in [-0.2, -0.15) is 0 Å². The van der Waals surface area contributed by atoms with Gasteiger partial charge in [0.2, 0.25) is 0 Å². The summed E-state index contributed by atoms with van der Waals surface area (Å²) >= 11 is 5.41. The summed E-state index contributed by atoms with van der Waals surface area (Å²) in [6.07, 6.45) is 3.20. The van der Waals surface area contributed by atoms with E-state index in [1.807, 2.05) is 0 Å². The van der Waals surface area contributed by atoms with Crippen LogP contribution in [0.1, 0.15) is 5.69 Å². The summed E-state index contributed by atoms with van der Waals surface area (Å²) in [5.41, 5.74) is 7.99. The number of carboxylic acid groups (broad SMARTS) is 1. The monoisotopic (exact) mass is 482 g/mol. The highest BCUT2D eigenvalue weighted by atomic mass is 32.2. The number of nitrogens with two attached hydrogens (primary N) is 1. The Morgan fingerprint density at radius 1 is 1.43 bits per heavy atom. The minimum Gasteiger partial charge on any atom is -0.477 e. The highest BCUT2D eigenvalue weighted by molar-refractivity contribution is 8.01. The number of amides is 2. The van der Waals surface area contributed by atoms with Gasteiger partial charge in [0.25, 0.3) is 11.8 Å². The van der Waals surface area contributed by atoms with Crippen molar-refractivity contribution >= 4 is 74.7 Å². The summed E-state index contributed by atoms with van der Waals surface area (Å²) < 4.78 is 0.764. The van der Waals surface area contributed by atoms with Crippen molar-refractivity contribution in [3.05, 3.63) is 34.4 Å². The van der Waals surface area contributed by atoms with Gasteiger partial charge in [0, 0.05) is 16.9 Å². The summed E-state index contributed by atoms with van der Waals surface area (Å²) in [6.45, 7) is 0. The molecule has 30 heavy (non-hydrogen) atoms. The first kappa shape index (κ1) is 20.8. The second kappa shape index (κ2) is 8.75. The largest absolute Gasteiger partial charge is 0.477 e. The maximum atomic E-state index is 13.0. The zero-order valence-corrected chi connectivity index (χ0v) is 18.3. The Hall–Kier alpha value is -2.42. The van der Waals surface area contributed by atoms with Crippen molar-refractivity contribution in [2.75, 3.05) is 17.2 Å². The van der Waals surface area contributed by atoms with Gasteiger partial charge in [-0.25, -0.2) is 9.78 Å². The highest BCUT2D eigenvalue weighted by Gasteiger charge is 2.52. The maximum absolute atomic E-state index is 13.0. The van der Waals surface area contributed by atoms with E-state index in [2.05, 4.69) is 20.5 Å². The van der Waals surface area contributed by atoms with E-state index in [4.69, 9.17) is 5.73 Å². The number of carbonyl (C=O) groups is 3. The summed E-state index contributed by atoms with van der Waals surface area (Å²) in [5.74, 6) is -1.18. The number of hydrogen-bond acceptors (Lipinski definition) is 11. The number of nitrogens with one attached hydrogen (secondary N) is 1. The lowest BCUT2D eigenvalue weighted by atomic mass is 10.0. The first-order valence-corrected chi connectivity index (χ1v) is 12.2. The highest BCUT2D eigenvalue weighted by Crippen LogP contribution is 2.37. The van der Waals surface area contributed by atoms with Crippen LogP contribution in [0.4, 0.5) is 5.13 Å². The van der Waals surface area contributed by atoms with Gasteiger partial charge in [0.05, 0.1) is 11.3 Å². The lowest BCUT2D eigenvalue weighted by Crippen LogP contribution is -2.70. The van der Waals surface area contributed by atoms with Crippen molar-refractivity contribution in [1.29, 1.82) is 0 Å². The van der Waals surface area contributed by atoms with E-state index in [9.17, 15) is 19.5 Å². The van der Waals surface area contributed by atoms with Crippen LogP contribution >= 0.6 is 46.2 Å². The molecule has 4 rings (SSSR count). The van der Waals surface area contributed by atoms with E-state index >= 15 is 0 Å². The lowest BCUT2D eigenvalue weighted by Gasteiger charge is -2.48. The van der Waals surface area contributed by atoms with E-state index in [-0.39, 0.29) is 5.70 Å². The third-order valence-electron chi connectivity index (χ3n) is 4.23. The van der Waals surface area contributed by atoms with Gasteiger partial charge in [-0.05, 0) is 6.08 Å². The molecule has 0 aliphatic carbocycles. The van der Waals surface area contributed by atoms with E-state index in [0.717, 1.165) is 4.34 Å². The molecule has 2 unspecified atom stereocenters. The number of carboxylic acids is 1. The van der Waals surface area contributed by atoms with Crippen LogP contribution in [-0.4, -0.2) is 65.9 Å². The maximum Gasteiger partial charge on any atom is 0.352 e.